The van der Waals surface area contributed by atoms with Crippen LogP contribution < -0.4 is 0 Å². The third-order valence-corrected chi connectivity index (χ3v) is 4.97. The van der Waals surface area contributed by atoms with E-state index in [1.807, 2.05) is 0 Å². The Labute approximate surface area is 101 Å². The molecule has 1 aromatic rings. The predicted molar refractivity (Wildman–Crippen MR) is 63.2 cm³/mol. The molecule has 0 amide bonds. The highest BCUT2D eigenvalue weighted by Crippen LogP contribution is 2.29. The van der Waals surface area contributed by atoms with Gasteiger partial charge in [0, 0.05) is 19.2 Å². The lowest BCUT2D eigenvalue weighted by Crippen LogP contribution is -2.27. The maximum absolute atomic E-state index is 12.2. The Balaban J connectivity index is 3.44. The lowest BCUT2D eigenvalue weighted by atomic mass is 10.3. The molecule has 0 unspecified atom stereocenters. The Morgan fingerprint density at radius 3 is 2.31 bits per heavy atom. The summed E-state index contributed by atoms with van der Waals surface area (Å²) in [6.07, 6.45) is 0. The zero-order valence-electron chi connectivity index (χ0n) is 9.87. The quantitative estimate of drug-likeness (QED) is 0.785. The highest BCUT2D eigenvalue weighted by molar-refractivity contribution is 7.89. The fourth-order valence-electron chi connectivity index (χ4n) is 1.53. The molecule has 1 heterocycles. The summed E-state index contributed by atoms with van der Waals surface area (Å²) in [6.45, 7) is 5.54. The zero-order chi connectivity index (χ0) is 12.5. The van der Waals surface area contributed by atoms with Crippen LogP contribution in [0.1, 0.15) is 24.0 Å². The van der Waals surface area contributed by atoms with E-state index in [-0.39, 0.29) is 10.8 Å². The first-order valence-electron chi connectivity index (χ1n) is 4.97. The van der Waals surface area contributed by atoms with Crippen LogP contribution in [0.25, 0.3) is 0 Å². The number of nitrogens with zero attached hydrogens (tertiary/aromatic N) is 1. The molecule has 0 radical (unpaired) electrons. The van der Waals surface area contributed by atoms with Gasteiger partial charge in [-0.15, -0.1) is 11.6 Å². The first kappa shape index (κ1) is 13.5. The van der Waals surface area contributed by atoms with E-state index in [0.717, 1.165) is 0 Å². The summed E-state index contributed by atoms with van der Waals surface area (Å²) in [4.78, 5) is 0.212. The minimum atomic E-state index is -3.49. The number of sulfonamides is 1. The fraction of sp³-hybridized carbons (Fsp3) is 0.600. The number of aryl methyl sites for hydroxylation is 2. The van der Waals surface area contributed by atoms with E-state index < -0.39 is 10.0 Å². The monoisotopic (exact) mass is 265 g/mol. The Kier molecular flexibility index (Phi) is 4.04. The first-order chi connectivity index (χ1) is 7.36. The molecule has 0 aliphatic carbocycles. The van der Waals surface area contributed by atoms with Gasteiger partial charge in [-0.25, -0.2) is 12.7 Å². The zero-order valence-corrected chi connectivity index (χ0v) is 11.4. The smallest absolute Gasteiger partial charge is 0.246 e. The van der Waals surface area contributed by atoms with Gasteiger partial charge in [0.25, 0.3) is 0 Å². The van der Waals surface area contributed by atoms with Crippen LogP contribution in [0.15, 0.2) is 9.31 Å². The SMILES string of the molecule is CCN(C)S(=O)(=O)c1c(C)oc(C)c1CCl. The first-order valence-corrected chi connectivity index (χ1v) is 6.94. The van der Waals surface area contributed by atoms with Crippen LogP contribution >= 0.6 is 11.6 Å². The van der Waals surface area contributed by atoms with E-state index >= 15 is 0 Å². The van der Waals surface area contributed by atoms with Crippen molar-refractivity contribution in [2.45, 2.75) is 31.5 Å². The van der Waals surface area contributed by atoms with Gasteiger partial charge in [-0.3, -0.25) is 0 Å². The summed E-state index contributed by atoms with van der Waals surface area (Å²) in [7, 11) is -1.95. The van der Waals surface area contributed by atoms with Crippen LogP contribution in [-0.4, -0.2) is 26.3 Å². The molecule has 0 bridgehead atoms. The minimum absolute atomic E-state index is 0.134. The van der Waals surface area contributed by atoms with Gasteiger partial charge < -0.3 is 4.42 Å². The molecule has 92 valence electrons. The van der Waals surface area contributed by atoms with Gasteiger partial charge in [-0.2, -0.15) is 0 Å². The molecule has 0 aliphatic heterocycles. The highest BCUT2D eigenvalue weighted by atomic mass is 35.5. The maximum Gasteiger partial charge on any atom is 0.246 e. The molecule has 0 spiro atoms. The van der Waals surface area contributed by atoms with E-state index in [0.29, 0.717) is 23.6 Å². The second kappa shape index (κ2) is 4.77. The Morgan fingerprint density at radius 1 is 1.31 bits per heavy atom. The molecule has 0 saturated carbocycles. The lowest BCUT2D eigenvalue weighted by Gasteiger charge is -2.15. The predicted octanol–water partition coefficient (Wildman–Crippen LogP) is 2.28. The van der Waals surface area contributed by atoms with Crippen molar-refractivity contribution in [3.63, 3.8) is 0 Å². The van der Waals surface area contributed by atoms with Crippen molar-refractivity contribution in [3.8, 4) is 0 Å². The largest absolute Gasteiger partial charge is 0.465 e. The molecule has 16 heavy (non-hydrogen) atoms. The van der Waals surface area contributed by atoms with E-state index in [1.54, 1.807) is 20.8 Å². The van der Waals surface area contributed by atoms with Crippen LogP contribution in [0.4, 0.5) is 0 Å². The van der Waals surface area contributed by atoms with E-state index in [9.17, 15) is 8.42 Å². The molecule has 0 N–H and O–H groups in total. The van der Waals surface area contributed by atoms with Crippen molar-refractivity contribution in [2.75, 3.05) is 13.6 Å². The maximum atomic E-state index is 12.2. The highest BCUT2D eigenvalue weighted by Gasteiger charge is 2.29. The Bertz CT molecular complexity index is 478. The van der Waals surface area contributed by atoms with Crippen molar-refractivity contribution in [1.82, 2.24) is 4.31 Å². The normalized spacial score (nSPS) is 12.4. The second-order valence-electron chi connectivity index (χ2n) is 3.57. The molecule has 6 heteroatoms. The van der Waals surface area contributed by atoms with Crippen molar-refractivity contribution in [2.24, 2.45) is 0 Å². The van der Waals surface area contributed by atoms with Crippen molar-refractivity contribution < 1.29 is 12.8 Å². The molecule has 1 aromatic heterocycles. The van der Waals surface area contributed by atoms with Gasteiger partial charge in [0.15, 0.2) is 0 Å². The summed E-state index contributed by atoms with van der Waals surface area (Å²) in [6, 6.07) is 0. The number of hydrogen-bond donors (Lipinski definition) is 0. The molecule has 0 atom stereocenters. The van der Waals surface area contributed by atoms with Gasteiger partial charge in [0.1, 0.15) is 16.4 Å². The lowest BCUT2D eigenvalue weighted by molar-refractivity contribution is 0.474. The van der Waals surface area contributed by atoms with Crippen LogP contribution in [0, 0.1) is 13.8 Å². The van der Waals surface area contributed by atoms with Crippen LogP contribution in [0.5, 0.6) is 0 Å². The number of alkyl halides is 1. The number of rotatable bonds is 4. The minimum Gasteiger partial charge on any atom is -0.465 e. The molecule has 0 aromatic carbocycles. The second-order valence-corrected chi connectivity index (χ2v) is 5.82. The molecular weight excluding hydrogens is 250 g/mol. The van der Waals surface area contributed by atoms with Crippen molar-refractivity contribution in [3.05, 3.63) is 17.1 Å². The third-order valence-electron chi connectivity index (χ3n) is 2.57. The van der Waals surface area contributed by atoms with E-state index in [1.165, 1.54) is 11.4 Å². The van der Waals surface area contributed by atoms with E-state index in [4.69, 9.17) is 16.0 Å². The summed E-state index contributed by atoms with van der Waals surface area (Å²) in [5.41, 5.74) is 0.555. The van der Waals surface area contributed by atoms with Gasteiger partial charge in [0.2, 0.25) is 10.0 Å². The Hall–Kier alpha value is -0.520. The van der Waals surface area contributed by atoms with Crippen LogP contribution in [-0.2, 0) is 15.9 Å². The number of furan rings is 1. The van der Waals surface area contributed by atoms with Crippen LogP contribution in [0.3, 0.4) is 0 Å². The molecule has 0 saturated heterocycles. The molecule has 4 nitrogen and oxygen atoms in total. The van der Waals surface area contributed by atoms with Gasteiger partial charge >= 0.3 is 0 Å². The molecular formula is C10H16ClNO3S. The molecule has 0 aliphatic rings. The number of halogens is 1. The topological polar surface area (TPSA) is 50.5 Å². The van der Waals surface area contributed by atoms with Crippen molar-refractivity contribution >= 4 is 21.6 Å². The summed E-state index contributed by atoms with van der Waals surface area (Å²) < 4.78 is 31.0. The van der Waals surface area contributed by atoms with E-state index in [2.05, 4.69) is 0 Å². The molecule has 0 fully saturated rings. The summed E-state index contributed by atoms with van der Waals surface area (Å²) in [5, 5.41) is 0. The number of hydrogen-bond acceptors (Lipinski definition) is 3. The van der Waals surface area contributed by atoms with Gasteiger partial charge in [0.05, 0.1) is 5.88 Å². The van der Waals surface area contributed by atoms with Crippen molar-refractivity contribution in [1.29, 1.82) is 0 Å². The summed E-state index contributed by atoms with van der Waals surface area (Å²) >= 11 is 5.76. The standard InChI is InChI=1S/C10H16ClNO3S/c1-5-12(4)16(13,14)10-8(3)15-7(2)9(10)6-11/h5-6H2,1-4H3. The van der Waals surface area contributed by atoms with Crippen LogP contribution in [0.2, 0.25) is 0 Å². The average molecular weight is 266 g/mol. The molecule has 1 rings (SSSR count). The average Bonchev–Trinajstić information content (AvgIpc) is 2.51. The Morgan fingerprint density at radius 2 is 1.88 bits per heavy atom. The van der Waals surface area contributed by atoms with Gasteiger partial charge in [-0.05, 0) is 13.8 Å². The fourth-order valence-corrected chi connectivity index (χ4v) is 3.51. The third kappa shape index (κ3) is 2.12. The summed E-state index contributed by atoms with van der Waals surface area (Å²) in [5.74, 6) is 1.10. The van der Waals surface area contributed by atoms with Gasteiger partial charge in [-0.1, -0.05) is 6.92 Å².